The predicted octanol–water partition coefficient (Wildman–Crippen LogP) is 5.68. The molecule has 3 heterocycles. The molecule has 3 aromatic heterocycles. The summed E-state index contributed by atoms with van der Waals surface area (Å²) in [5.74, 6) is 0.768. The summed E-state index contributed by atoms with van der Waals surface area (Å²) in [5.41, 5.74) is 5.71. The van der Waals surface area contributed by atoms with E-state index >= 15 is 0 Å². The average Bonchev–Trinajstić information content (AvgIpc) is 3.21. The summed E-state index contributed by atoms with van der Waals surface area (Å²) < 4.78 is 20.3. The van der Waals surface area contributed by atoms with E-state index in [-0.39, 0.29) is 19.1 Å². The van der Waals surface area contributed by atoms with E-state index < -0.39 is 0 Å². The van der Waals surface area contributed by atoms with Crippen LogP contribution in [0.4, 0.5) is 4.39 Å². The largest absolute Gasteiger partial charge is 0.487 e. The molecule has 0 atom stereocenters. The molecule has 160 valence electrons. The van der Waals surface area contributed by atoms with Crippen LogP contribution in [-0.2, 0) is 13.2 Å². The van der Waals surface area contributed by atoms with Crippen LogP contribution in [0.3, 0.4) is 0 Å². The number of rotatable bonds is 8. The smallest absolute Gasteiger partial charge is 0.130 e. The van der Waals surface area contributed by atoms with Crippen LogP contribution < -0.4 is 4.74 Å². The first-order valence-electron chi connectivity index (χ1n) is 9.92. The number of nitrogens with zero attached hydrogens (tertiary/aromatic N) is 4. The Morgan fingerprint density at radius 1 is 0.968 bits per heavy atom. The molecule has 0 amide bonds. The van der Waals surface area contributed by atoms with Crippen molar-refractivity contribution in [3.8, 4) is 28.1 Å². The van der Waals surface area contributed by atoms with E-state index in [2.05, 4.69) is 9.97 Å². The van der Waals surface area contributed by atoms with Crippen molar-refractivity contribution >= 4 is 12.4 Å². The Morgan fingerprint density at radius 2 is 1.74 bits per heavy atom. The molecule has 0 saturated carbocycles. The van der Waals surface area contributed by atoms with E-state index in [1.807, 2.05) is 67.7 Å². The second kappa shape index (κ2) is 10.7. The van der Waals surface area contributed by atoms with Crippen LogP contribution in [0.1, 0.15) is 17.8 Å². The van der Waals surface area contributed by atoms with Crippen molar-refractivity contribution in [1.29, 1.82) is 0 Å². The number of benzene rings is 1. The minimum Gasteiger partial charge on any atom is -0.487 e. The molecular formula is C24H24ClFN4O. The molecule has 0 radical (unpaired) electrons. The molecule has 1 aromatic carbocycles. The number of aryl methyl sites for hydroxylation is 2. The van der Waals surface area contributed by atoms with Crippen molar-refractivity contribution in [3.05, 3.63) is 84.6 Å². The molecule has 0 aliphatic carbocycles. The maximum atomic E-state index is 12.6. The minimum absolute atomic E-state index is 0. The van der Waals surface area contributed by atoms with Gasteiger partial charge < -0.3 is 4.74 Å². The third-order valence-electron chi connectivity index (χ3n) is 4.73. The van der Waals surface area contributed by atoms with Crippen LogP contribution in [0, 0.1) is 6.92 Å². The quantitative estimate of drug-likeness (QED) is 0.355. The van der Waals surface area contributed by atoms with E-state index in [1.54, 1.807) is 17.1 Å². The fraction of sp³-hybridized carbons (Fsp3) is 0.208. The molecule has 5 nitrogen and oxygen atoms in total. The fourth-order valence-electron chi connectivity index (χ4n) is 3.26. The lowest BCUT2D eigenvalue weighted by atomic mass is 10.0. The van der Waals surface area contributed by atoms with Crippen LogP contribution in [0.5, 0.6) is 5.75 Å². The van der Waals surface area contributed by atoms with Gasteiger partial charge in [-0.2, -0.15) is 5.10 Å². The fourth-order valence-corrected chi connectivity index (χ4v) is 3.26. The standard InChI is InChI=1S/C24H23FN4O.ClH/c1-18-4-2-5-21(27-18)17-30-22-8-6-20(7-9-22)24-23(19-10-13-26-14-11-19)16-29(28-24)15-3-12-25;/h2,4-11,13-14,16H,3,12,15,17H2,1H3;1H. The number of hydrogen-bond acceptors (Lipinski definition) is 4. The van der Waals surface area contributed by atoms with Gasteiger partial charge in [0.25, 0.3) is 0 Å². The molecular weight excluding hydrogens is 415 g/mol. The molecule has 4 aromatic rings. The summed E-state index contributed by atoms with van der Waals surface area (Å²) in [6.07, 6.45) is 5.92. The molecule has 0 N–H and O–H groups in total. The molecule has 0 aliphatic rings. The number of halogens is 2. The first-order chi connectivity index (χ1) is 14.7. The van der Waals surface area contributed by atoms with E-state index in [0.29, 0.717) is 19.6 Å². The van der Waals surface area contributed by atoms with Crippen molar-refractivity contribution in [2.24, 2.45) is 0 Å². The topological polar surface area (TPSA) is 52.8 Å². The van der Waals surface area contributed by atoms with Gasteiger partial charge >= 0.3 is 0 Å². The zero-order valence-electron chi connectivity index (χ0n) is 17.2. The Morgan fingerprint density at radius 3 is 2.45 bits per heavy atom. The van der Waals surface area contributed by atoms with Crippen LogP contribution >= 0.6 is 12.4 Å². The molecule has 0 unspecified atom stereocenters. The summed E-state index contributed by atoms with van der Waals surface area (Å²) >= 11 is 0. The highest BCUT2D eigenvalue weighted by molar-refractivity contribution is 5.85. The number of pyridine rings is 2. The summed E-state index contributed by atoms with van der Waals surface area (Å²) in [6.45, 7) is 2.56. The summed E-state index contributed by atoms with van der Waals surface area (Å²) in [7, 11) is 0. The Labute approximate surface area is 187 Å². The van der Waals surface area contributed by atoms with Crippen LogP contribution in [0.25, 0.3) is 22.4 Å². The van der Waals surface area contributed by atoms with Gasteiger partial charge in [-0.1, -0.05) is 6.07 Å². The molecule has 7 heteroatoms. The van der Waals surface area contributed by atoms with Crippen LogP contribution in [-0.4, -0.2) is 26.4 Å². The second-order valence-electron chi connectivity index (χ2n) is 7.02. The van der Waals surface area contributed by atoms with Crippen molar-refractivity contribution in [1.82, 2.24) is 19.7 Å². The SMILES string of the molecule is Cc1cccc(COc2ccc(-c3nn(CCCF)cc3-c3ccncc3)cc2)n1.Cl. The average molecular weight is 439 g/mol. The van der Waals surface area contributed by atoms with E-state index in [0.717, 1.165) is 39.5 Å². The first-order valence-corrected chi connectivity index (χ1v) is 9.92. The normalized spacial score (nSPS) is 10.5. The van der Waals surface area contributed by atoms with Crippen molar-refractivity contribution in [2.75, 3.05) is 6.67 Å². The van der Waals surface area contributed by atoms with Gasteiger partial charge in [0.2, 0.25) is 0 Å². The molecule has 0 fully saturated rings. The minimum atomic E-state index is -0.360. The summed E-state index contributed by atoms with van der Waals surface area (Å²) in [6, 6.07) is 17.6. The van der Waals surface area contributed by atoms with Gasteiger partial charge in [0.05, 0.1) is 12.4 Å². The van der Waals surface area contributed by atoms with Crippen LogP contribution in [0.15, 0.2) is 73.2 Å². The van der Waals surface area contributed by atoms with Gasteiger partial charge in [0, 0.05) is 42.0 Å². The van der Waals surface area contributed by atoms with E-state index in [4.69, 9.17) is 9.84 Å². The highest BCUT2D eigenvalue weighted by atomic mass is 35.5. The van der Waals surface area contributed by atoms with Gasteiger partial charge in [-0.25, -0.2) is 0 Å². The highest BCUT2D eigenvalue weighted by Gasteiger charge is 2.13. The van der Waals surface area contributed by atoms with Gasteiger partial charge in [0.1, 0.15) is 18.1 Å². The third kappa shape index (κ3) is 5.67. The lowest BCUT2D eigenvalue weighted by molar-refractivity contribution is 0.301. The number of aromatic nitrogens is 4. The number of hydrogen-bond donors (Lipinski definition) is 0. The monoisotopic (exact) mass is 438 g/mol. The summed E-state index contributed by atoms with van der Waals surface area (Å²) in [5, 5.41) is 4.71. The predicted molar refractivity (Wildman–Crippen MR) is 122 cm³/mol. The molecule has 31 heavy (non-hydrogen) atoms. The zero-order valence-corrected chi connectivity index (χ0v) is 18.1. The number of alkyl halides is 1. The highest BCUT2D eigenvalue weighted by Crippen LogP contribution is 2.32. The molecule has 0 bridgehead atoms. The Kier molecular flexibility index (Phi) is 7.73. The Balaban J connectivity index is 0.00000272. The maximum absolute atomic E-state index is 12.6. The molecule has 0 aliphatic heterocycles. The van der Waals surface area contributed by atoms with Crippen molar-refractivity contribution in [3.63, 3.8) is 0 Å². The van der Waals surface area contributed by atoms with E-state index in [1.165, 1.54) is 0 Å². The van der Waals surface area contributed by atoms with Gasteiger partial charge in [-0.3, -0.25) is 19.0 Å². The molecule has 4 rings (SSSR count). The van der Waals surface area contributed by atoms with E-state index in [9.17, 15) is 4.39 Å². The first kappa shape index (κ1) is 22.4. The lowest BCUT2D eigenvalue weighted by Crippen LogP contribution is -1.99. The van der Waals surface area contributed by atoms with Gasteiger partial charge in [-0.05, 0) is 67.4 Å². The lowest BCUT2D eigenvalue weighted by Gasteiger charge is -2.08. The third-order valence-corrected chi connectivity index (χ3v) is 4.73. The van der Waals surface area contributed by atoms with Crippen molar-refractivity contribution < 1.29 is 9.13 Å². The maximum Gasteiger partial charge on any atom is 0.130 e. The van der Waals surface area contributed by atoms with Gasteiger partial charge in [-0.15, -0.1) is 12.4 Å². The second-order valence-corrected chi connectivity index (χ2v) is 7.02. The zero-order chi connectivity index (χ0) is 20.8. The molecule has 0 saturated heterocycles. The molecule has 0 spiro atoms. The summed E-state index contributed by atoms with van der Waals surface area (Å²) in [4.78, 5) is 8.55. The number of ether oxygens (including phenoxy) is 1. The van der Waals surface area contributed by atoms with Gasteiger partial charge in [0.15, 0.2) is 0 Å². The Bertz CT molecular complexity index is 1100. The van der Waals surface area contributed by atoms with Crippen LogP contribution in [0.2, 0.25) is 0 Å². The Hall–Kier alpha value is -3.25. The van der Waals surface area contributed by atoms with Crippen molar-refractivity contribution in [2.45, 2.75) is 26.5 Å².